The van der Waals surface area contributed by atoms with Crippen molar-refractivity contribution >= 4 is 11.5 Å². The summed E-state index contributed by atoms with van der Waals surface area (Å²) >= 11 is 0. The molecule has 4 heterocycles. The average molecular weight is 378 g/mol. The van der Waals surface area contributed by atoms with Gasteiger partial charge in [0.1, 0.15) is 17.9 Å². The SMILES string of the molecule is COc1ncc(-c2cc(NC[C@@H](C)c3ccnc4c3OCC4)ncn2)cc1N. The van der Waals surface area contributed by atoms with E-state index in [0.717, 1.165) is 40.5 Å². The molecule has 0 bridgehead atoms. The molecule has 8 nitrogen and oxygen atoms in total. The molecule has 0 amide bonds. The Labute approximate surface area is 163 Å². The number of fused-ring (bicyclic) bond motifs is 1. The number of hydrogen-bond donors (Lipinski definition) is 2. The molecule has 0 saturated carbocycles. The van der Waals surface area contributed by atoms with Crippen molar-refractivity contribution in [3.63, 3.8) is 0 Å². The fraction of sp³-hybridized carbons (Fsp3) is 0.300. The van der Waals surface area contributed by atoms with Crippen LogP contribution in [0, 0.1) is 0 Å². The number of nitrogens with one attached hydrogen (secondary N) is 1. The number of nitrogens with two attached hydrogens (primary N) is 1. The van der Waals surface area contributed by atoms with Gasteiger partial charge >= 0.3 is 0 Å². The van der Waals surface area contributed by atoms with Crippen molar-refractivity contribution < 1.29 is 9.47 Å². The molecule has 1 aliphatic heterocycles. The third kappa shape index (κ3) is 3.53. The van der Waals surface area contributed by atoms with Crippen LogP contribution < -0.4 is 20.5 Å². The molecule has 0 aromatic carbocycles. The average Bonchev–Trinajstić information content (AvgIpc) is 3.21. The smallest absolute Gasteiger partial charge is 0.236 e. The zero-order chi connectivity index (χ0) is 19.5. The summed E-state index contributed by atoms with van der Waals surface area (Å²) in [5, 5.41) is 3.38. The number of nitrogen functional groups attached to an aromatic ring is 1. The highest BCUT2D eigenvalue weighted by atomic mass is 16.5. The second kappa shape index (κ2) is 7.67. The molecular formula is C20H22N6O2. The van der Waals surface area contributed by atoms with Gasteiger partial charge in [0.05, 0.1) is 30.8 Å². The fourth-order valence-corrected chi connectivity index (χ4v) is 3.25. The minimum atomic E-state index is 0.242. The van der Waals surface area contributed by atoms with Crippen LogP contribution in [0.1, 0.15) is 24.1 Å². The van der Waals surface area contributed by atoms with E-state index < -0.39 is 0 Å². The summed E-state index contributed by atoms with van der Waals surface area (Å²) in [4.78, 5) is 17.2. The Bertz CT molecular complexity index is 994. The van der Waals surface area contributed by atoms with Crippen LogP contribution in [-0.2, 0) is 6.42 Å². The first kappa shape index (κ1) is 18.0. The van der Waals surface area contributed by atoms with Gasteiger partial charge in [0.25, 0.3) is 0 Å². The van der Waals surface area contributed by atoms with Crippen molar-refractivity contribution in [1.82, 2.24) is 19.9 Å². The lowest BCUT2D eigenvalue weighted by atomic mass is 10.00. The molecule has 3 aromatic rings. The molecule has 8 heteroatoms. The third-order valence-corrected chi connectivity index (χ3v) is 4.75. The van der Waals surface area contributed by atoms with E-state index in [1.807, 2.05) is 18.3 Å². The molecule has 1 atom stereocenters. The van der Waals surface area contributed by atoms with Crippen molar-refractivity contribution in [1.29, 1.82) is 0 Å². The molecule has 4 rings (SSSR count). The molecular weight excluding hydrogens is 356 g/mol. The van der Waals surface area contributed by atoms with Gasteiger partial charge in [0.15, 0.2) is 0 Å². The predicted octanol–water partition coefficient (Wildman–Crippen LogP) is 2.67. The zero-order valence-corrected chi connectivity index (χ0v) is 15.8. The molecule has 0 fully saturated rings. The van der Waals surface area contributed by atoms with Crippen molar-refractivity contribution in [2.75, 3.05) is 31.3 Å². The summed E-state index contributed by atoms with van der Waals surface area (Å²) in [6, 6.07) is 5.69. The van der Waals surface area contributed by atoms with Gasteiger partial charge in [0.2, 0.25) is 5.88 Å². The van der Waals surface area contributed by atoms with Crippen LogP contribution in [0.15, 0.2) is 36.9 Å². The highest BCUT2D eigenvalue weighted by molar-refractivity contribution is 5.67. The third-order valence-electron chi connectivity index (χ3n) is 4.75. The summed E-state index contributed by atoms with van der Waals surface area (Å²) in [6.45, 7) is 3.56. The Morgan fingerprint density at radius 2 is 2.14 bits per heavy atom. The summed E-state index contributed by atoms with van der Waals surface area (Å²) in [6.07, 6.45) is 5.93. The second-order valence-corrected chi connectivity index (χ2v) is 6.67. The number of anilines is 2. The molecule has 0 radical (unpaired) electrons. The fourth-order valence-electron chi connectivity index (χ4n) is 3.25. The number of aromatic nitrogens is 4. The zero-order valence-electron chi connectivity index (χ0n) is 15.8. The minimum Gasteiger partial charge on any atom is -0.491 e. The first-order chi connectivity index (χ1) is 13.7. The number of ether oxygens (including phenoxy) is 2. The van der Waals surface area contributed by atoms with E-state index in [9.17, 15) is 0 Å². The molecule has 0 aliphatic carbocycles. The molecule has 3 aromatic heterocycles. The minimum absolute atomic E-state index is 0.242. The van der Waals surface area contributed by atoms with Crippen molar-refractivity contribution in [3.8, 4) is 22.9 Å². The van der Waals surface area contributed by atoms with E-state index in [0.29, 0.717) is 24.7 Å². The first-order valence-corrected chi connectivity index (χ1v) is 9.12. The highest BCUT2D eigenvalue weighted by Crippen LogP contribution is 2.33. The van der Waals surface area contributed by atoms with E-state index in [1.165, 1.54) is 13.4 Å². The summed E-state index contributed by atoms with van der Waals surface area (Å²) in [7, 11) is 1.54. The number of hydrogen-bond acceptors (Lipinski definition) is 8. The molecule has 1 aliphatic rings. The lowest BCUT2D eigenvalue weighted by molar-refractivity contribution is 0.352. The maximum Gasteiger partial charge on any atom is 0.236 e. The van der Waals surface area contributed by atoms with Crippen molar-refractivity contribution in [2.45, 2.75) is 19.3 Å². The molecule has 0 saturated heterocycles. The second-order valence-electron chi connectivity index (χ2n) is 6.67. The Hall–Kier alpha value is -3.42. The number of rotatable bonds is 6. The Balaban J connectivity index is 1.48. The highest BCUT2D eigenvalue weighted by Gasteiger charge is 2.20. The van der Waals surface area contributed by atoms with Crippen LogP contribution in [0.25, 0.3) is 11.3 Å². The van der Waals surface area contributed by atoms with E-state index in [1.54, 1.807) is 12.3 Å². The Morgan fingerprint density at radius 1 is 1.25 bits per heavy atom. The van der Waals surface area contributed by atoms with Crippen LogP contribution in [-0.4, -0.2) is 40.2 Å². The van der Waals surface area contributed by atoms with Gasteiger partial charge in [-0.3, -0.25) is 4.98 Å². The van der Waals surface area contributed by atoms with Crippen LogP contribution in [0.4, 0.5) is 11.5 Å². The van der Waals surface area contributed by atoms with Gasteiger partial charge in [-0.15, -0.1) is 0 Å². The van der Waals surface area contributed by atoms with E-state index in [-0.39, 0.29) is 5.92 Å². The van der Waals surface area contributed by atoms with Gasteiger partial charge in [-0.05, 0) is 12.1 Å². The van der Waals surface area contributed by atoms with Crippen molar-refractivity contribution in [3.05, 3.63) is 48.2 Å². The Kier molecular flexibility index (Phi) is 4.92. The maximum atomic E-state index is 5.95. The maximum absolute atomic E-state index is 5.95. The van der Waals surface area contributed by atoms with E-state index >= 15 is 0 Å². The van der Waals surface area contributed by atoms with Gasteiger partial charge in [0, 0.05) is 48.5 Å². The number of nitrogens with zero attached hydrogens (tertiary/aromatic N) is 4. The topological polar surface area (TPSA) is 108 Å². The summed E-state index contributed by atoms with van der Waals surface area (Å²) in [5.74, 6) is 2.31. The molecule has 28 heavy (non-hydrogen) atoms. The van der Waals surface area contributed by atoms with Crippen molar-refractivity contribution in [2.24, 2.45) is 0 Å². The van der Waals surface area contributed by atoms with Crippen LogP contribution >= 0.6 is 0 Å². The summed E-state index contributed by atoms with van der Waals surface area (Å²) < 4.78 is 10.9. The Morgan fingerprint density at radius 3 is 2.96 bits per heavy atom. The van der Waals surface area contributed by atoms with Gasteiger partial charge < -0.3 is 20.5 Å². The quantitative estimate of drug-likeness (QED) is 0.674. The van der Waals surface area contributed by atoms with Gasteiger partial charge in [-0.2, -0.15) is 0 Å². The number of methoxy groups -OCH3 is 1. The van der Waals surface area contributed by atoms with E-state index in [2.05, 4.69) is 32.2 Å². The lowest BCUT2D eigenvalue weighted by Gasteiger charge is -2.16. The molecule has 3 N–H and O–H groups in total. The summed E-state index contributed by atoms with van der Waals surface area (Å²) in [5.41, 5.74) is 10.2. The lowest BCUT2D eigenvalue weighted by Crippen LogP contribution is -2.12. The molecule has 0 unspecified atom stereocenters. The first-order valence-electron chi connectivity index (χ1n) is 9.12. The van der Waals surface area contributed by atoms with E-state index in [4.69, 9.17) is 15.2 Å². The van der Waals surface area contributed by atoms with Crippen LogP contribution in [0.2, 0.25) is 0 Å². The largest absolute Gasteiger partial charge is 0.491 e. The standard InChI is InChI=1S/C20H22N6O2/c1-12(14-3-5-22-16-4-6-28-19(14)16)9-23-18-8-17(25-11-26-18)13-7-15(21)20(27-2)24-10-13/h3,5,7-8,10-12H,4,6,9,21H2,1-2H3,(H,23,25,26)/t12-/m1/s1. The molecule has 144 valence electrons. The predicted molar refractivity (Wildman–Crippen MR) is 107 cm³/mol. The van der Waals surface area contributed by atoms with Gasteiger partial charge in [-0.25, -0.2) is 15.0 Å². The molecule has 0 spiro atoms. The monoisotopic (exact) mass is 378 g/mol. The number of pyridine rings is 2. The van der Waals surface area contributed by atoms with Crippen LogP contribution in [0.5, 0.6) is 11.6 Å². The normalized spacial score (nSPS) is 13.5. The van der Waals surface area contributed by atoms with Gasteiger partial charge in [-0.1, -0.05) is 6.92 Å². The van der Waals surface area contributed by atoms with Crippen LogP contribution in [0.3, 0.4) is 0 Å².